The maximum atomic E-state index is 12.1. The van der Waals surface area contributed by atoms with Crippen molar-refractivity contribution in [2.24, 2.45) is 11.7 Å². The van der Waals surface area contributed by atoms with Gasteiger partial charge in [0.1, 0.15) is 0 Å². The monoisotopic (exact) mass is 456 g/mol. The van der Waals surface area contributed by atoms with Gasteiger partial charge in [0.05, 0.1) is 31.3 Å². The molecule has 148 valence electrons. The zero-order valence-electron chi connectivity index (χ0n) is 15.4. The summed E-state index contributed by atoms with van der Waals surface area (Å²) in [5.41, 5.74) is 6.81. The number of carbonyl (C=O) groups excluding carboxylic acids is 1. The molecule has 2 atom stereocenters. The third kappa shape index (κ3) is 6.07. The lowest BCUT2D eigenvalue weighted by Crippen LogP contribution is -2.50. The molecule has 0 saturated carbocycles. The lowest BCUT2D eigenvalue weighted by molar-refractivity contribution is -0.121. The summed E-state index contributed by atoms with van der Waals surface area (Å²) in [5, 5.41) is 4.98. The highest BCUT2D eigenvalue weighted by Crippen LogP contribution is 2.34. The molecule has 27 heavy (non-hydrogen) atoms. The SMILES string of the molecule is Cc1c(Cl)cccc1NC1(CCOCCOCCBr)C=CC=CC1C(N)=O. The van der Waals surface area contributed by atoms with E-state index in [-0.39, 0.29) is 5.91 Å². The summed E-state index contributed by atoms with van der Waals surface area (Å²) in [5.74, 6) is -0.877. The summed E-state index contributed by atoms with van der Waals surface area (Å²) in [6.07, 6.45) is 8.15. The Morgan fingerprint density at radius 1 is 1.26 bits per heavy atom. The van der Waals surface area contributed by atoms with Crippen LogP contribution in [-0.4, -0.2) is 43.2 Å². The third-order valence-electron chi connectivity index (χ3n) is 4.56. The van der Waals surface area contributed by atoms with Gasteiger partial charge in [-0.05, 0) is 31.0 Å². The molecular formula is C20H26BrClN2O3. The number of ether oxygens (including phenoxy) is 2. The van der Waals surface area contributed by atoms with Crippen LogP contribution in [0.25, 0.3) is 0 Å². The second kappa shape index (κ2) is 10.9. The van der Waals surface area contributed by atoms with E-state index in [1.807, 2.05) is 49.4 Å². The molecule has 0 heterocycles. The van der Waals surface area contributed by atoms with Crippen LogP contribution in [0.1, 0.15) is 12.0 Å². The lowest BCUT2D eigenvalue weighted by atomic mass is 9.77. The Morgan fingerprint density at radius 3 is 2.70 bits per heavy atom. The third-order valence-corrected chi connectivity index (χ3v) is 5.29. The summed E-state index contributed by atoms with van der Waals surface area (Å²) < 4.78 is 11.1. The van der Waals surface area contributed by atoms with E-state index in [1.54, 1.807) is 0 Å². The molecule has 2 rings (SSSR count). The van der Waals surface area contributed by atoms with Crippen molar-refractivity contribution in [2.75, 3.05) is 37.1 Å². The Hall–Kier alpha value is -1.34. The number of allylic oxidation sites excluding steroid dienone is 2. The summed E-state index contributed by atoms with van der Waals surface area (Å²) in [7, 11) is 0. The van der Waals surface area contributed by atoms with Gasteiger partial charge in [-0.1, -0.05) is 57.9 Å². The number of rotatable bonds is 11. The number of carbonyl (C=O) groups is 1. The van der Waals surface area contributed by atoms with Gasteiger partial charge in [0.25, 0.3) is 0 Å². The van der Waals surface area contributed by atoms with Crippen LogP contribution in [0.2, 0.25) is 5.02 Å². The summed E-state index contributed by atoms with van der Waals surface area (Å²) in [6, 6.07) is 5.67. The van der Waals surface area contributed by atoms with Crippen molar-refractivity contribution in [1.29, 1.82) is 0 Å². The number of alkyl halides is 1. The standard InChI is InChI=1S/C20H26BrClN2O3/c1-15-17(22)6-4-7-18(15)24-20(8-3-2-5-16(20)19(23)25)9-11-26-13-14-27-12-10-21/h2-8,16,24H,9-14H2,1H3,(H2,23,25). The first kappa shape index (κ1) is 22.0. The Bertz CT molecular complexity index is 696. The van der Waals surface area contributed by atoms with Gasteiger partial charge in [-0.2, -0.15) is 0 Å². The molecule has 0 aliphatic heterocycles. The predicted molar refractivity (Wildman–Crippen MR) is 114 cm³/mol. The molecule has 1 aromatic carbocycles. The maximum absolute atomic E-state index is 12.1. The van der Waals surface area contributed by atoms with Crippen LogP contribution in [0.4, 0.5) is 5.69 Å². The van der Waals surface area contributed by atoms with Crippen molar-refractivity contribution in [3.8, 4) is 0 Å². The highest BCUT2D eigenvalue weighted by atomic mass is 79.9. The van der Waals surface area contributed by atoms with Crippen molar-refractivity contribution in [1.82, 2.24) is 0 Å². The first-order valence-electron chi connectivity index (χ1n) is 8.90. The van der Waals surface area contributed by atoms with Crippen LogP contribution in [0.15, 0.2) is 42.5 Å². The molecule has 1 aliphatic rings. The fraction of sp³-hybridized carbons (Fsp3) is 0.450. The molecule has 0 saturated heterocycles. The Kier molecular flexibility index (Phi) is 8.83. The van der Waals surface area contributed by atoms with Crippen LogP contribution in [0.3, 0.4) is 0 Å². The lowest BCUT2D eigenvalue weighted by Gasteiger charge is -2.39. The van der Waals surface area contributed by atoms with Crippen molar-refractivity contribution in [3.05, 3.63) is 53.1 Å². The molecular weight excluding hydrogens is 432 g/mol. The highest BCUT2D eigenvalue weighted by Gasteiger charge is 2.40. The first-order chi connectivity index (χ1) is 13.0. The Balaban J connectivity index is 2.12. The number of halogens is 2. The molecule has 3 N–H and O–H groups in total. The number of amides is 1. The average molecular weight is 458 g/mol. The van der Waals surface area contributed by atoms with Crippen LogP contribution < -0.4 is 11.1 Å². The topological polar surface area (TPSA) is 73.6 Å². The molecule has 0 bridgehead atoms. The van der Waals surface area contributed by atoms with Crippen molar-refractivity contribution in [3.63, 3.8) is 0 Å². The second-order valence-electron chi connectivity index (χ2n) is 6.37. The van der Waals surface area contributed by atoms with Gasteiger partial charge in [-0.3, -0.25) is 4.79 Å². The second-order valence-corrected chi connectivity index (χ2v) is 7.57. The molecule has 5 nitrogen and oxygen atoms in total. The first-order valence-corrected chi connectivity index (χ1v) is 10.4. The molecule has 1 amide bonds. The molecule has 1 aromatic rings. The van der Waals surface area contributed by atoms with Crippen molar-refractivity contribution >= 4 is 39.1 Å². The molecule has 0 fully saturated rings. The zero-order chi connectivity index (χ0) is 19.7. The van der Waals surface area contributed by atoms with Crippen LogP contribution in [-0.2, 0) is 14.3 Å². The van der Waals surface area contributed by atoms with Crippen LogP contribution in [0.5, 0.6) is 0 Å². The van der Waals surface area contributed by atoms with Gasteiger partial charge in [-0.15, -0.1) is 0 Å². The van der Waals surface area contributed by atoms with Gasteiger partial charge >= 0.3 is 0 Å². The van der Waals surface area contributed by atoms with Crippen molar-refractivity contribution < 1.29 is 14.3 Å². The van der Waals surface area contributed by atoms with E-state index in [0.717, 1.165) is 16.6 Å². The number of primary amides is 1. The molecule has 7 heteroatoms. The quantitative estimate of drug-likeness (QED) is 0.391. The van der Waals surface area contributed by atoms with Gasteiger partial charge in [0.15, 0.2) is 0 Å². The number of nitrogens with two attached hydrogens (primary N) is 1. The van der Waals surface area contributed by atoms with Gasteiger partial charge in [-0.25, -0.2) is 0 Å². The van der Waals surface area contributed by atoms with E-state index < -0.39 is 11.5 Å². The molecule has 0 aromatic heterocycles. The van der Waals surface area contributed by atoms with Crippen molar-refractivity contribution in [2.45, 2.75) is 18.9 Å². The summed E-state index contributed by atoms with van der Waals surface area (Å²) in [4.78, 5) is 12.1. The Morgan fingerprint density at radius 2 is 2.00 bits per heavy atom. The predicted octanol–water partition coefficient (Wildman–Crippen LogP) is 3.84. The van der Waals surface area contributed by atoms with E-state index >= 15 is 0 Å². The summed E-state index contributed by atoms with van der Waals surface area (Å²) in [6.45, 7) is 4.10. The van der Waals surface area contributed by atoms with E-state index in [0.29, 0.717) is 37.9 Å². The van der Waals surface area contributed by atoms with Gasteiger partial charge < -0.3 is 20.5 Å². The maximum Gasteiger partial charge on any atom is 0.227 e. The molecule has 2 unspecified atom stereocenters. The minimum Gasteiger partial charge on any atom is -0.379 e. The number of hydrogen-bond donors (Lipinski definition) is 2. The molecule has 0 spiro atoms. The fourth-order valence-corrected chi connectivity index (χ4v) is 3.46. The van der Waals surface area contributed by atoms with Gasteiger partial charge in [0, 0.05) is 22.6 Å². The van der Waals surface area contributed by atoms with E-state index in [4.69, 9.17) is 26.8 Å². The van der Waals surface area contributed by atoms with E-state index in [9.17, 15) is 4.79 Å². The Labute approximate surface area is 174 Å². The largest absolute Gasteiger partial charge is 0.379 e. The summed E-state index contributed by atoms with van der Waals surface area (Å²) >= 11 is 9.57. The minimum absolute atomic E-state index is 0.386. The molecule has 0 radical (unpaired) electrons. The van der Waals surface area contributed by atoms with E-state index in [1.165, 1.54) is 0 Å². The fourth-order valence-electron chi connectivity index (χ4n) is 3.06. The number of anilines is 1. The molecule has 1 aliphatic carbocycles. The minimum atomic E-state index is -0.674. The van der Waals surface area contributed by atoms with Crippen LogP contribution in [0, 0.1) is 12.8 Å². The smallest absolute Gasteiger partial charge is 0.227 e. The zero-order valence-corrected chi connectivity index (χ0v) is 17.8. The van der Waals surface area contributed by atoms with Gasteiger partial charge in [0.2, 0.25) is 5.91 Å². The number of hydrogen-bond acceptors (Lipinski definition) is 4. The van der Waals surface area contributed by atoms with Crippen LogP contribution >= 0.6 is 27.5 Å². The number of benzene rings is 1. The average Bonchev–Trinajstić information content (AvgIpc) is 2.65. The normalized spacial score (nSPS) is 21.4. The van der Waals surface area contributed by atoms with E-state index in [2.05, 4.69) is 21.2 Å². The highest BCUT2D eigenvalue weighted by molar-refractivity contribution is 9.09. The number of nitrogens with one attached hydrogen (secondary N) is 1.